The third-order valence-corrected chi connectivity index (χ3v) is 5.84. The zero-order chi connectivity index (χ0) is 16.4. The van der Waals surface area contributed by atoms with Crippen LogP contribution in [0.1, 0.15) is 37.3 Å². The predicted molar refractivity (Wildman–Crippen MR) is 99.6 cm³/mol. The van der Waals surface area contributed by atoms with Crippen molar-refractivity contribution in [2.75, 3.05) is 33.3 Å². The molecule has 1 saturated carbocycles. The first kappa shape index (κ1) is 15.9. The summed E-state index contributed by atoms with van der Waals surface area (Å²) in [4.78, 5) is 2.71. The summed E-state index contributed by atoms with van der Waals surface area (Å²) in [7, 11) is 1.82. The maximum atomic E-state index is 5.84. The van der Waals surface area contributed by atoms with Crippen molar-refractivity contribution in [1.82, 2.24) is 10.2 Å². The summed E-state index contributed by atoms with van der Waals surface area (Å²) in [6.07, 6.45) is 5.45. The van der Waals surface area contributed by atoms with E-state index in [2.05, 4.69) is 46.6 Å². The Balaban J connectivity index is 1.85. The minimum absolute atomic E-state index is 0.482. The van der Waals surface area contributed by atoms with Crippen molar-refractivity contribution in [3.63, 3.8) is 0 Å². The lowest BCUT2D eigenvalue weighted by molar-refractivity contribution is 0.124. The van der Waals surface area contributed by atoms with E-state index in [1.54, 1.807) is 0 Å². The van der Waals surface area contributed by atoms with E-state index in [9.17, 15) is 0 Å². The molecule has 0 unspecified atom stereocenters. The fourth-order valence-corrected chi connectivity index (χ4v) is 4.71. The number of benzene rings is 2. The maximum absolute atomic E-state index is 5.84. The molecule has 0 aromatic heterocycles. The number of nitrogens with one attached hydrogen (secondary N) is 1. The van der Waals surface area contributed by atoms with Gasteiger partial charge in [-0.3, -0.25) is 4.90 Å². The van der Waals surface area contributed by atoms with Crippen LogP contribution in [0.4, 0.5) is 0 Å². The second-order valence-electron chi connectivity index (χ2n) is 7.18. The molecule has 0 radical (unpaired) electrons. The van der Waals surface area contributed by atoms with E-state index in [1.165, 1.54) is 42.0 Å². The van der Waals surface area contributed by atoms with Crippen LogP contribution in [0.2, 0.25) is 0 Å². The summed E-state index contributed by atoms with van der Waals surface area (Å²) in [5.74, 6) is 1.81. The van der Waals surface area contributed by atoms with Gasteiger partial charge in [0.2, 0.25) is 0 Å². The first-order chi connectivity index (χ1) is 11.9. The highest BCUT2D eigenvalue weighted by molar-refractivity contribution is 5.88. The van der Waals surface area contributed by atoms with Gasteiger partial charge in [0, 0.05) is 37.8 Å². The molecule has 1 saturated heterocycles. The van der Waals surface area contributed by atoms with Crippen LogP contribution >= 0.6 is 0 Å². The summed E-state index contributed by atoms with van der Waals surface area (Å²) >= 11 is 0. The molecule has 4 rings (SSSR count). The number of hydrogen-bond acceptors (Lipinski definition) is 3. The van der Waals surface area contributed by atoms with Gasteiger partial charge in [-0.2, -0.15) is 0 Å². The normalized spacial score (nSPS) is 21.2. The van der Waals surface area contributed by atoms with Gasteiger partial charge in [-0.1, -0.05) is 43.2 Å². The lowest BCUT2D eigenvalue weighted by atomic mass is 9.86. The Hall–Kier alpha value is -1.58. The van der Waals surface area contributed by atoms with E-state index in [4.69, 9.17) is 4.74 Å². The molecule has 2 aliphatic rings. The Labute approximate surface area is 145 Å². The van der Waals surface area contributed by atoms with E-state index >= 15 is 0 Å². The van der Waals surface area contributed by atoms with E-state index < -0.39 is 0 Å². The summed E-state index contributed by atoms with van der Waals surface area (Å²) in [6, 6.07) is 13.6. The molecule has 3 nitrogen and oxygen atoms in total. The number of fused-ring (bicyclic) bond motifs is 1. The van der Waals surface area contributed by atoms with Gasteiger partial charge in [0.1, 0.15) is 5.75 Å². The van der Waals surface area contributed by atoms with Crippen molar-refractivity contribution in [1.29, 1.82) is 0 Å². The topological polar surface area (TPSA) is 24.5 Å². The van der Waals surface area contributed by atoms with Crippen molar-refractivity contribution in [2.24, 2.45) is 5.92 Å². The lowest BCUT2D eigenvalue weighted by Crippen LogP contribution is -2.46. The van der Waals surface area contributed by atoms with Crippen LogP contribution < -0.4 is 10.1 Å². The van der Waals surface area contributed by atoms with Crippen LogP contribution in [0.5, 0.6) is 5.75 Å². The highest BCUT2D eigenvalue weighted by Crippen LogP contribution is 2.45. The smallest absolute Gasteiger partial charge is 0.124 e. The highest BCUT2D eigenvalue weighted by atomic mass is 16.5. The van der Waals surface area contributed by atoms with E-state index in [0.717, 1.165) is 37.8 Å². The van der Waals surface area contributed by atoms with E-state index in [0.29, 0.717) is 6.04 Å². The average molecular weight is 324 g/mol. The van der Waals surface area contributed by atoms with Gasteiger partial charge in [-0.15, -0.1) is 0 Å². The summed E-state index contributed by atoms with van der Waals surface area (Å²) in [6.45, 7) is 4.45. The standard InChI is InChI=1S/C21H28N2O/c1-24-19-11-10-16-6-4-5-9-18(16)20(19)21(17-7-2-3-8-17)23-14-12-22-13-15-23/h4-6,9-11,17,21-22H,2-3,7-8,12-15H2,1H3/t21-/m0/s1. The van der Waals surface area contributed by atoms with Gasteiger partial charge in [0.05, 0.1) is 7.11 Å². The molecule has 0 amide bonds. The molecule has 0 spiro atoms. The van der Waals surface area contributed by atoms with Crippen LogP contribution in [0.25, 0.3) is 10.8 Å². The Morgan fingerprint density at radius 1 is 1.04 bits per heavy atom. The number of hydrogen-bond donors (Lipinski definition) is 1. The van der Waals surface area contributed by atoms with Gasteiger partial charge in [0.15, 0.2) is 0 Å². The van der Waals surface area contributed by atoms with Gasteiger partial charge in [-0.25, -0.2) is 0 Å². The summed E-state index contributed by atoms with van der Waals surface area (Å²) < 4.78 is 5.84. The number of nitrogens with zero attached hydrogens (tertiary/aromatic N) is 1. The van der Waals surface area contributed by atoms with Gasteiger partial charge >= 0.3 is 0 Å². The van der Waals surface area contributed by atoms with E-state index in [1.807, 2.05) is 7.11 Å². The number of piperazine rings is 1. The first-order valence-corrected chi connectivity index (χ1v) is 9.39. The number of ether oxygens (including phenoxy) is 1. The Bertz CT molecular complexity index is 687. The second-order valence-corrected chi connectivity index (χ2v) is 7.18. The minimum atomic E-state index is 0.482. The Morgan fingerprint density at radius 2 is 1.79 bits per heavy atom. The monoisotopic (exact) mass is 324 g/mol. The van der Waals surface area contributed by atoms with Gasteiger partial charge < -0.3 is 10.1 Å². The third-order valence-electron chi connectivity index (χ3n) is 5.84. The van der Waals surface area contributed by atoms with Crippen molar-refractivity contribution in [3.8, 4) is 5.75 Å². The van der Waals surface area contributed by atoms with Crippen molar-refractivity contribution < 1.29 is 4.74 Å². The molecule has 1 aliphatic carbocycles. The van der Waals surface area contributed by atoms with Crippen LogP contribution in [-0.4, -0.2) is 38.2 Å². The van der Waals surface area contributed by atoms with Gasteiger partial charge in [-0.05, 0) is 35.6 Å². The summed E-state index contributed by atoms with van der Waals surface area (Å²) in [5.41, 5.74) is 1.42. The van der Waals surface area contributed by atoms with E-state index in [-0.39, 0.29) is 0 Å². The SMILES string of the molecule is COc1ccc2ccccc2c1[C@H](C1CCCC1)N1CCNCC1. The fourth-order valence-electron chi connectivity index (χ4n) is 4.71. The highest BCUT2D eigenvalue weighted by Gasteiger charge is 2.34. The Morgan fingerprint density at radius 3 is 2.54 bits per heavy atom. The molecule has 2 aromatic carbocycles. The average Bonchev–Trinajstić information content (AvgIpc) is 3.17. The molecule has 2 fully saturated rings. The van der Waals surface area contributed by atoms with Gasteiger partial charge in [0.25, 0.3) is 0 Å². The number of rotatable bonds is 4. The fraction of sp³-hybridized carbons (Fsp3) is 0.524. The largest absolute Gasteiger partial charge is 0.496 e. The molecule has 1 atom stereocenters. The number of methoxy groups -OCH3 is 1. The van der Waals surface area contributed by atoms with Crippen LogP contribution in [0.15, 0.2) is 36.4 Å². The molecule has 24 heavy (non-hydrogen) atoms. The molecule has 128 valence electrons. The predicted octanol–water partition coefficient (Wildman–Crippen LogP) is 3.98. The lowest BCUT2D eigenvalue weighted by Gasteiger charge is -2.39. The molecule has 2 aromatic rings. The van der Waals surface area contributed by atoms with Crippen molar-refractivity contribution in [2.45, 2.75) is 31.7 Å². The summed E-state index contributed by atoms with van der Waals surface area (Å²) in [5, 5.41) is 6.20. The first-order valence-electron chi connectivity index (χ1n) is 9.39. The van der Waals surface area contributed by atoms with Crippen LogP contribution in [0, 0.1) is 5.92 Å². The third kappa shape index (κ3) is 2.91. The molecular formula is C21H28N2O. The molecular weight excluding hydrogens is 296 g/mol. The zero-order valence-corrected chi connectivity index (χ0v) is 14.6. The molecule has 0 bridgehead atoms. The quantitative estimate of drug-likeness (QED) is 0.920. The molecule has 1 N–H and O–H groups in total. The zero-order valence-electron chi connectivity index (χ0n) is 14.6. The van der Waals surface area contributed by atoms with Crippen LogP contribution in [0.3, 0.4) is 0 Å². The van der Waals surface area contributed by atoms with Crippen molar-refractivity contribution in [3.05, 3.63) is 42.0 Å². The van der Waals surface area contributed by atoms with Crippen molar-refractivity contribution >= 4 is 10.8 Å². The molecule has 3 heteroatoms. The Kier molecular flexibility index (Phi) is 4.72. The molecule has 1 heterocycles. The molecule has 1 aliphatic heterocycles. The maximum Gasteiger partial charge on any atom is 0.124 e. The second kappa shape index (κ2) is 7.12. The minimum Gasteiger partial charge on any atom is -0.496 e. The van der Waals surface area contributed by atoms with Crippen LogP contribution in [-0.2, 0) is 0 Å².